The predicted molar refractivity (Wildman–Crippen MR) is 130 cm³/mol. The van der Waals surface area contributed by atoms with Gasteiger partial charge in [-0.1, -0.05) is 23.2 Å². The third-order valence-corrected chi connectivity index (χ3v) is 9.91. The van der Waals surface area contributed by atoms with E-state index in [0.717, 1.165) is 56.0 Å². The molecule has 2 aliphatic rings. The van der Waals surface area contributed by atoms with Gasteiger partial charge >= 0.3 is 0 Å². The summed E-state index contributed by atoms with van der Waals surface area (Å²) in [5.41, 5.74) is 2.30. The van der Waals surface area contributed by atoms with Crippen molar-refractivity contribution in [1.29, 1.82) is 0 Å². The maximum Gasteiger partial charge on any atom is 0.188 e. The van der Waals surface area contributed by atoms with Gasteiger partial charge in [-0.05, 0) is 74.7 Å². The van der Waals surface area contributed by atoms with Gasteiger partial charge in [0.2, 0.25) is 0 Å². The molecule has 0 saturated carbocycles. The Morgan fingerprint density at radius 3 is 1.37 bits per heavy atom. The molecule has 0 aromatic carbocycles. The van der Waals surface area contributed by atoms with Crippen molar-refractivity contribution in [2.24, 2.45) is 0 Å². The number of rotatable bonds is 10. The second-order valence-electron chi connectivity index (χ2n) is 9.55. The van der Waals surface area contributed by atoms with Gasteiger partial charge in [-0.3, -0.25) is 0 Å². The quantitative estimate of drug-likeness (QED) is 0.231. The maximum atomic E-state index is 6.63. The molecule has 168 valence electrons. The summed E-state index contributed by atoms with van der Waals surface area (Å²) in [5.74, 6) is 1.78. The van der Waals surface area contributed by atoms with Crippen LogP contribution in [0.4, 0.5) is 0 Å². The van der Waals surface area contributed by atoms with Gasteiger partial charge in [0.1, 0.15) is 21.0 Å². The standard InChI is InChI=1S/C20H34Cl2O4Si3.Zr/c1-13-9-15(21)19(17(13)23-11-25-28(3,4)5)27-20-16(22)10-14(2)18(20)24-12-26-29(6,7)8;/h9-12,27H2,1-8H3;. The van der Waals surface area contributed by atoms with Crippen molar-refractivity contribution < 1.29 is 44.5 Å². The van der Waals surface area contributed by atoms with E-state index in [0.29, 0.717) is 0 Å². The van der Waals surface area contributed by atoms with Crippen LogP contribution in [0.25, 0.3) is 0 Å². The maximum absolute atomic E-state index is 6.63. The van der Waals surface area contributed by atoms with E-state index in [1.54, 1.807) is 0 Å². The van der Waals surface area contributed by atoms with Crippen LogP contribution in [0, 0.1) is 0 Å². The molecule has 2 aliphatic carbocycles. The molecule has 0 spiro atoms. The van der Waals surface area contributed by atoms with E-state index >= 15 is 0 Å². The summed E-state index contributed by atoms with van der Waals surface area (Å²) in [6.07, 6.45) is 1.46. The predicted octanol–water partition coefficient (Wildman–Crippen LogP) is 6.06. The minimum absolute atomic E-state index is 0. The molecule has 0 N–H and O–H groups in total. The molecule has 10 heteroatoms. The van der Waals surface area contributed by atoms with E-state index in [2.05, 4.69) is 53.1 Å². The van der Waals surface area contributed by atoms with Gasteiger partial charge in [-0.25, -0.2) is 0 Å². The van der Waals surface area contributed by atoms with E-state index in [4.69, 9.17) is 41.5 Å². The van der Waals surface area contributed by atoms with Crippen molar-refractivity contribution in [3.8, 4) is 0 Å². The summed E-state index contributed by atoms with van der Waals surface area (Å²) in [6.45, 7) is 17.5. The Hall–Kier alpha value is 0.594. The number of allylic oxidation sites excluding steroid dienone is 6. The molecule has 0 heterocycles. The fourth-order valence-corrected chi connectivity index (χ4v) is 7.00. The van der Waals surface area contributed by atoms with Gasteiger partial charge in [0, 0.05) is 49.1 Å². The Bertz CT molecular complexity index is 714. The second kappa shape index (κ2) is 11.6. The van der Waals surface area contributed by atoms with Gasteiger partial charge in [0.25, 0.3) is 0 Å². The fraction of sp³-hybridized carbons (Fsp3) is 0.600. The zero-order valence-corrected chi connectivity index (χ0v) is 26.8. The molecule has 0 atom stereocenters. The first-order chi connectivity index (χ1) is 13.3. The molecule has 0 amide bonds. The van der Waals surface area contributed by atoms with Crippen LogP contribution in [0.2, 0.25) is 39.3 Å². The Morgan fingerprint density at radius 1 is 0.733 bits per heavy atom. The minimum atomic E-state index is -1.64. The average Bonchev–Trinajstić information content (AvgIpc) is 2.95. The molecule has 0 aromatic rings. The zero-order valence-electron chi connectivity index (χ0n) is 19.4. The number of hydrogen-bond acceptors (Lipinski definition) is 4. The molecule has 0 radical (unpaired) electrons. The molecule has 0 aliphatic heterocycles. The van der Waals surface area contributed by atoms with Gasteiger partial charge < -0.3 is 18.3 Å². The normalized spacial score (nSPS) is 17.9. The average molecular weight is 585 g/mol. The molecular formula is C20H34Cl2O4Si3Zr. The van der Waals surface area contributed by atoms with Crippen molar-refractivity contribution in [3.63, 3.8) is 0 Å². The molecule has 0 saturated heterocycles. The van der Waals surface area contributed by atoms with Crippen LogP contribution in [0.3, 0.4) is 0 Å². The van der Waals surface area contributed by atoms with Crippen molar-refractivity contribution in [1.82, 2.24) is 0 Å². The minimum Gasteiger partial charge on any atom is -0.469 e. The summed E-state index contributed by atoms with van der Waals surface area (Å²) in [4.78, 5) is 0. The summed E-state index contributed by atoms with van der Waals surface area (Å²) in [7, 11) is -4.26. The van der Waals surface area contributed by atoms with Gasteiger partial charge in [0.15, 0.2) is 30.2 Å². The van der Waals surface area contributed by atoms with E-state index < -0.39 is 26.2 Å². The van der Waals surface area contributed by atoms with E-state index in [9.17, 15) is 0 Å². The van der Waals surface area contributed by atoms with E-state index in [1.165, 1.54) is 0 Å². The van der Waals surface area contributed by atoms with Crippen LogP contribution in [-0.4, -0.2) is 39.7 Å². The Morgan fingerprint density at radius 2 is 1.07 bits per heavy atom. The van der Waals surface area contributed by atoms with Gasteiger partial charge in [-0.2, -0.15) is 0 Å². The molecule has 30 heavy (non-hydrogen) atoms. The van der Waals surface area contributed by atoms with Crippen molar-refractivity contribution in [3.05, 3.63) is 43.1 Å². The largest absolute Gasteiger partial charge is 0.469 e. The molecule has 4 nitrogen and oxygen atoms in total. The second-order valence-corrected chi connectivity index (χ2v) is 21.3. The topological polar surface area (TPSA) is 36.9 Å². The first kappa shape index (κ1) is 28.6. The van der Waals surface area contributed by atoms with Crippen LogP contribution in [-0.2, 0) is 44.5 Å². The van der Waals surface area contributed by atoms with Crippen LogP contribution >= 0.6 is 23.2 Å². The van der Waals surface area contributed by atoms with Crippen LogP contribution in [0.1, 0.15) is 26.7 Å². The third kappa shape index (κ3) is 8.51. The van der Waals surface area contributed by atoms with Gasteiger partial charge in [-0.15, -0.1) is 0 Å². The number of ether oxygens (including phenoxy) is 2. The first-order valence-corrected chi connectivity index (χ1v) is 19.0. The SMILES string of the molecule is CC1=C(OCO[Si](C)(C)C)C([SiH2]C2=C(Cl)CC(C)=C2OCO[Si](C)(C)C)=C(Cl)C1.[Zr]. The zero-order chi connectivity index (χ0) is 22.0. The molecule has 2 rings (SSSR count). The summed E-state index contributed by atoms with van der Waals surface area (Å²) >= 11 is 13.3. The van der Waals surface area contributed by atoms with Crippen molar-refractivity contribution in [2.45, 2.75) is 66.0 Å². The van der Waals surface area contributed by atoms with Crippen LogP contribution in [0.5, 0.6) is 0 Å². The van der Waals surface area contributed by atoms with Crippen LogP contribution < -0.4 is 0 Å². The molecule has 0 bridgehead atoms. The Balaban J connectivity index is 0.00000450. The molecule has 0 aromatic heterocycles. The number of hydrogen-bond donors (Lipinski definition) is 0. The fourth-order valence-electron chi connectivity index (χ4n) is 3.08. The van der Waals surface area contributed by atoms with Gasteiger partial charge in [0.05, 0.1) is 0 Å². The first-order valence-electron chi connectivity index (χ1n) is 9.97. The summed E-state index contributed by atoms with van der Waals surface area (Å²) in [6, 6.07) is 0. The molecule has 0 fully saturated rings. The van der Waals surface area contributed by atoms with E-state index in [-0.39, 0.29) is 39.8 Å². The van der Waals surface area contributed by atoms with Crippen molar-refractivity contribution >= 4 is 49.4 Å². The van der Waals surface area contributed by atoms with E-state index in [1.807, 2.05) is 0 Å². The Labute approximate surface area is 215 Å². The molecule has 0 unspecified atom stereocenters. The summed E-state index contributed by atoms with van der Waals surface area (Å²) < 4.78 is 23.9. The summed E-state index contributed by atoms with van der Waals surface area (Å²) in [5, 5.41) is 3.93. The number of halogens is 2. The van der Waals surface area contributed by atoms with Crippen LogP contribution in [0.15, 0.2) is 43.1 Å². The monoisotopic (exact) mass is 582 g/mol. The van der Waals surface area contributed by atoms with Crippen molar-refractivity contribution in [2.75, 3.05) is 13.6 Å². The third-order valence-electron chi connectivity index (χ3n) is 4.56. The Kier molecular flexibility index (Phi) is 11.1. The smallest absolute Gasteiger partial charge is 0.188 e. The molecular weight excluding hydrogens is 551 g/mol.